The summed E-state index contributed by atoms with van der Waals surface area (Å²) < 4.78 is 7.52. The first kappa shape index (κ1) is 21.8. The molecule has 3 heterocycles. The number of thiophene rings is 1. The van der Waals surface area contributed by atoms with Gasteiger partial charge in [0.15, 0.2) is 0 Å². The number of hydrogen-bond donors (Lipinski definition) is 1. The first-order valence-corrected chi connectivity index (χ1v) is 11.5. The zero-order chi connectivity index (χ0) is 22.5. The standard InChI is InChI=1S/C24H25N3O4S/c1-2-14-31-18-8-6-17(7-9-18)22(28)20-21(19-5-3-15-32-19)27(24(30)23(20)29)12-4-11-26-13-10-25-16-26/h3,5-10,13,15-16,21,28H,2,4,11-12,14H2,1H3/b22-20+. The number of ketones is 1. The predicted octanol–water partition coefficient (Wildman–Crippen LogP) is 4.25. The number of Topliss-reactive ketones (excluding diaryl/α,β-unsaturated/α-hetero) is 1. The number of benzene rings is 1. The van der Waals surface area contributed by atoms with Crippen molar-refractivity contribution in [3.8, 4) is 5.75 Å². The summed E-state index contributed by atoms with van der Waals surface area (Å²) in [7, 11) is 0. The van der Waals surface area contributed by atoms with Crippen molar-refractivity contribution >= 4 is 28.8 Å². The predicted molar refractivity (Wildman–Crippen MR) is 122 cm³/mol. The molecule has 7 nitrogen and oxygen atoms in total. The van der Waals surface area contributed by atoms with Gasteiger partial charge in [-0.3, -0.25) is 9.59 Å². The van der Waals surface area contributed by atoms with E-state index in [9.17, 15) is 14.7 Å². The van der Waals surface area contributed by atoms with Crippen LogP contribution in [0, 0.1) is 0 Å². The highest BCUT2D eigenvalue weighted by atomic mass is 32.1. The van der Waals surface area contributed by atoms with Crippen LogP contribution < -0.4 is 4.74 Å². The van der Waals surface area contributed by atoms with Crippen LogP contribution in [0.4, 0.5) is 0 Å². The van der Waals surface area contributed by atoms with E-state index in [1.807, 2.05) is 35.2 Å². The fourth-order valence-electron chi connectivity index (χ4n) is 3.78. The zero-order valence-corrected chi connectivity index (χ0v) is 18.6. The van der Waals surface area contributed by atoms with Gasteiger partial charge in [-0.25, -0.2) is 4.98 Å². The minimum absolute atomic E-state index is 0.127. The Kier molecular flexibility index (Phi) is 6.70. The lowest BCUT2D eigenvalue weighted by molar-refractivity contribution is -0.139. The lowest BCUT2D eigenvalue weighted by Crippen LogP contribution is -2.31. The van der Waals surface area contributed by atoms with Crippen LogP contribution in [0.25, 0.3) is 5.76 Å². The molecule has 0 aliphatic carbocycles. The van der Waals surface area contributed by atoms with Crippen molar-refractivity contribution in [2.75, 3.05) is 13.2 Å². The average molecular weight is 452 g/mol. The Morgan fingerprint density at radius 3 is 2.66 bits per heavy atom. The van der Waals surface area contributed by atoms with Crippen LogP contribution in [0.15, 0.2) is 66.1 Å². The molecule has 1 aliphatic rings. The van der Waals surface area contributed by atoms with E-state index in [-0.39, 0.29) is 11.3 Å². The molecule has 0 bridgehead atoms. The molecule has 2 aromatic heterocycles. The molecule has 166 valence electrons. The second kappa shape index (κ2) is 9.82. The average Bonchev–Trinajstić information content (AvgIpc) is 3.56. The van der Waals surface area contributed by atoms with E-state index in [0.717, 1.165) is 11.3 Å². The lowest BCUT2D eigenvalue weighted by atomic mass is 10.00. The molecule has 1 aliphatic heterocycles. The number of likely N-dealkylation sites (tertiary alicyclic amines) is 1. The first-order valence-electron chi connectivity index (χ1n) is 10.6. The molecule has 4 rings (SSSR count). The molecule has 1 fully saturated rings. The van der Waals surface area contributed by atoms with E-state index in [2.05, 4.69) is 4.98 Å². The lowest BCUT2D eigenvalue weighted by Gasteiger charge is -2.24. The summed E-state index contributed by atoms with van der Waals surface area (Å²) in [6, 6.07) is 10.1. The number of aliphatic hydroxyl groups is 1. The highest BCUT2D eigenvalue weighted by Crippen LogP contribution is 2.41. The molecular weight excluding hydrogens is 426 g/mol. The number of aryl methyl sites for hydroxylation is 1. The molecule has 8 heteroatoms. The maximum absolute atomic E-state index is 13.0. The summed E-state index contributed by atoms with van der Waals surface area (Å²) in [6.45, 7) is 3.71. The molecule has 0 spiro atoms. The van der Waals surface area contributed by atoms with E-state index in [1.54, 1.807) is 41.7 Å². The van der Waals surface area contributed by atoms with E-state index in [1.165, 1.54) is 11.3 Å². The number of hydrogen-bond acceptors (Lipinski definition) is 6. The minimum Gasteiger partial charge on any atom is -0.507 e. The van der Waals surface area contributed by atoms with Crippen LogP contribution in [0.1, 0.15) is 36.2 Å². The number of rotatable bonds is 9. The largest absolute Gasteiger partial charge is 0.507 e. The van der Waals surface area contributed by atoms with E-state index in [0.29, 0.717) is 37.4 Å². The van der Waals surface area contributed by atoms with Crippen LogP contribution in [-0.4, -0.2) is 44.4 Å². The Morgan fingerprint density at radius 2 is 2.00 bits per heavy atom. The molecule has 0 saturated carbocycles. The highest BCUT2D eigenvalue weighted by Gasteiger charge is 2.46. The van der Waals surface area contributed by atoms with Gasteiger partial charge in [0.1, 0.15) is 11.5 Å². The van der Waals surface area contributed by atoms with Crippen molar-refractivity contribution in [3.63, 3.8) is 0 Å². The van der Waals surface area contributed by atoms with Crippen LogP contribution in [-0.2, 0) is 16.1 Å². The van der Waals surface area contributed by atoms with Gasteiger partial charge in [0, 0.05) is 35.9 Å². The fourth-order valence-corrected chi connectivity index (χ4v) is 4.63. The summed E-state index contributed by atoms with van der Waals surface area (Å²) in [5.41, 5.74) is 0.606. The quantitative estimate of drug-likeness (QED) is 0.299. The molecule has 1 atom stereocenters. The number of imidazole rings is 1. The molecule has 1 unspecified atom stereocenters. The summed E-state index contributed by atoms with van der Waals surface area (Å²) in [4.78, 5) is 32.3. The summed E-state index contributed by atoms with van der Waals surface area (Å²) >= 11 is 1.46. The molecular formula is C24H25N3O4S. The van der Waals surface area contributed by atoms with Gasteiger partial charge >= 0.3 is 0 Å². The number of ether oxygens (including phenoxy) is 1. The van der Waals surface area contributed by atoms with Crippen molar-refractivity contribution < 1.29 is 19.4 Å². The summed E-state index contributed by atoms with van der Waals surface area (Å²) in [6.07, 6.45) is 6.84. The Hall–Kier alpha value is -3.39. The molecule has 1 amide bonds. The molecule has 1 aromatic carbocycles. The van der Waals surface area contributed by atoms with Gasteiger partial charge in [0.25, 0.3) is 11.7 Å². The maximum Gasteiger partial charge on any atom is 0.295 e. The van der Waals surface area contributed by atoms with Crippen molar-refractivity contribution in [3.05, 3.63) is 76.5 Å². The third-order valence-corrected chi connectivity index (χ3v) is 6.25. The zero-order valence-electron chi connectivity index (χ0n) is 17.8. The molecule has 32 heavy (non-hydrogen) atoms. The topological polar surface area (TPSA) is 84.7 Å². The van der Waals surface area contributed by atoms with Crippen molar-refractivity contribution in [2.45, 2.75) is 32.4 Å². The Labute approximate surface area is 190 Å². The summed E-state index contributed by atoms with van der Waals surface area (Å²) in [5, 5.41) is 13.0. The molecule has 1 saturated heterocycles. The normalized spacial score (nSPS) is 17.8. The second-order valence-corrected chi connectivity index (χ2v) is 8.51. The van der Waals surface area contributed by atoms with E-state index < -0.39 is 17.7 Å². The minimum atomic E-state index is -0.658. The van der Waals surface area contributed by atoms with Gasteiger partial charge in [-0.15, -0.1) is 11.3 Å². The highest BCUT2D eigenvalue weighted by molar-refractivity contribution is 7.10. The van der Waals surface area contributed by atoms with Crippen molar-refractivity contribution in [1.82, 2.24) is 14.5 Å². The Bertz CT molecular complexity index is 1090. The SMILES string of the molecule is CCCOc1ccc(/C(O)=C2\C(=O)C(=O)N(CCCn3ccnc3)C2c2cccs2)cc1. The first-order chi connectivity index (χ1) is 15.6. The number of carbonyl (C=O) groups excluding carboxylic acids is 2. The van der Waals surface area contributed by atoms with Gasteiger partial charge in [0.05, 0.1) is 24.5 Å². The van der Waals surface area contributed by atoms with Gasteiger partial charge in [-0.1, -0.05) is 13.0 Å². The van der Waals surface area contributed by atoms with Crippen LogP contribution >= 0.6 is 11.3 Å². The Balaban J connectivity index is 1.63. The maximum atomic E-state index is 13.0. The number of aliphatic hydroxyl groups excluding tert-OH is 1. The van der Waals surface area contributed by atoms with Gasteiger partial charge in [0.2, 0.25) is 0 Å². The van der Waals surface area contributed by atoms with Crippen LogP contribution in [0.3, 0.4) is 0 Å². The fraction of sp³-hybridized carbons (Fsp3) is 0.292. The number of carbonyl (C=O) groups is 2. The van der Waals surface area contributed by atoms with Gasteiger partial charge in [-0.2, -0.15) is 0 Å². The molecule has 0 radical (unpaired) electrons. The molecule has 3 aromatic rings. The van der Waals surface area contributed by atoms with Crippen LogP contribution in [0.5, 0.6) is 5.75 Å². The van der Waals surface area contributed by atoms with Crippen LogP contribution in [0.2, 0.25) is 0 Å². The monoisotopic (exact) mass is 451 g/mol. The Morgan fingerprint density at radius 1 is 1.19 bits per heavy atom. The van der Waals surface area contributed by atoms with Gasteiger partial charge in [-0.05, 0) is 48.6 Å². The summed E-state index contributed by atoms with van der Waals surface area (Å²) in [5.74, 6) is -0.715. The third kappa shape index (κ3) is 4.45. The van der Waals surface area contributed by atoms with Gasteiger partial charge < -0.3 is 19.3 Å². The number of nitrogens with zero attached hydrogens (tertiary/aromatic N) is 3. The second-order valence-electron chi connectivity index (χ2n) is 7.53. The number of aromatic nitrogens is 2. The third-order valence-electron chi connectivity index (χ3n) is 5.33. The van der Waals surface area contributed by atoms with E-state index in [4.69, 9.17) is 4.74 Å². The van der Waals surface area contributed by atoms with Crippen molar-refractivity contribution in [1.29, 1.82) is 0 Å². The number of amides is 1. The van der Waals surface area contributed by atoms with Crippen molar-refractivity contribution in [2.24, 2.45) is 0 Å². The smallest absolute Gasteiger partial charge is 0.295 e. The van der Waals surface area contributed by atoms with E-state index >= 15 is 0 Å². The molecule has 1 N–H and O–H groups in total.